The van der Waals surface area contributed by atoms with Crippen molar-refractivity contribution in [1.82, 2.24) is 10.6 Å². The van der Waals surface area contributed by atoms with Crippen molar-refractivity contribution in [3.05, 3.63) is 63.8 Å². The lowest BCUT2D eigenvalue weighted by Crippen LogP contribution is -2.45. The summed E-state index contributed by atoms with van der Waals surface area (Å²) in [5.74, 6) is 0.897. The molecule has 3 rings (SSSR count). The zero-order chi connectivity index (χ0) is 20.3. The van der Waals surface area contributed by atoms with E-state index in [0.717, 1.165) is 10.0 Å². The van der Waals surface area contributed by atoms with Gasteiger partial charge in [-0.25, -0.2) is 0 Å². The van der Waals surface area contributed by atoms with Crippen molar-refractivity contribution in [1.29, 1.82) is 0 Å². The molecule has 2 aromatic rings. The zero-order valence-electron chi connectivity index (χ0n) is 15.6. The predicted molar refractivity (Wildman–Crippen MR) is 117 cm³/mol. The van der Waals surface area contributed by atoms with Crippen LogP contribution in [0.15, 0.2) is 58.2 Å². The van der Waals surface area contributed by atoms with Crippen molar-refractivity contribution < 1.29 is 14.3 Å². The van der Waals surface area contributed by atoms with Gasteiger partial charge in [0.25, 0.3) is 5.91 Å². The molecule has 0 radical (unpaired) electrons. The lowest BCUT2D eigenvalue weighted by Gasteiger charge is -2.30. The minimum atomic E-state index is -0.379. The fourth-order valence-corrected chi connectivity index (χ4v) is 3.71. The van der Waals surface area contributed by atoms with Gasteiger partial charge in [-0.1, -0.05) is 28.1 Å². The van der Waals surface area contributed by atoms with Gasteiger partial charge in [0, 0.05) is 16.2 Å². The summed E-state index contributed by atoms with van der Waals surface area (Å²) in [5, 5.41) is 9.62. The van der Waals surface area contributed by atoms with Gasteiger partial charge in [-0.05, 0) is 49.0 Å². The van der Waals surface area contributed by atoms with Crippen molar-refractivity contribution in [2.75, 3.05) is 19.5 Å². The normalized spacial score (nSPS) is 16.1. The molecule has 1 atom stereocenters. The number of carbonyl (C=O) groups is 1. The molecule has 8 heteroatoms. The molecule has 0 bridgehead atoms. The lowest BCUT2D eigenvalue weighted by atomic mass is 9.95. The number of amides is 1. The van der Waals surface area contributed by atoms with Crippen LogP contribution in [0.2, 0.25) is 0 Å². The summed E-state index contributed by atoms with van der Waals surface area (Å²) in [7, 11) is 3.12. The van der Waals surface area contributed by atoms with Crippen LogP contribution in [0.4, 0.5) is 5.69 Å². The molecular weight excluding hydrogens is 442 g/mol. The number of hydrogen-bond acceptors (Lipinski definition) is 4. The Kier molecular flexibility index (Phi) is 6.21. The highest BCUT2D eigenvalue weighted by Gasteiger charge is 2.30. The molecule has 0 aromatic heterocycles. The van der Waals surface area contributed by atoms with Crippen LogP contribution in [0.5, 0.6) is 11.5 Å². The average molecular weight is 462 g/mol. The van der Waals surface area contributed by atoms with Crippen molar-refractivity contribution in [3.8, 4) is 11.5 Å². The number of benzene rings is 2. The molecule has 0 fully saturated rings. The van der Waals surface area contributed by atoms with Gasteiger partial charge in [0.15, 0.2) is 5.11 Å². The van der Waals surface area contributed by atoms with Gasteiger partial charge in [-0.2, -0.15) is 0 Å². The Labute approximate surface area is 177 Å². The van der Waals surface area contributed by atoms with E-state index in [1.807, 2.05) is 31.2 Å². The fourth-order valence-electron chi connectivity index (χ4n) is 3.02. The molecule has 0 saturated carbocycles. The predicted octanol–water partition coefficient (Wildman–Crippen LogP) is 3.90. The van der Waals surface area contributed by atoms with Crippen LogP contribution in [-0.2, 0) is 4.79 Å². The van der Waals surface area contributed by atoms with E-state index in [1.165, 1.54) is 0 Å². The summed E-state index contributed by atoms with van der Waals surface area (Å²) in [6.45, 7) is 1.83. The highest BCUT2D eigenvalue weighted by molar-refractivity contribution is 9.10. The highest BCUT2D eigenvalue weighted by atomic mass is 79.9. The number of halogens is 1. The largest absolute Gasteiger partial charge is 0.497 e. The van der Waals surface area contributed by atoms with Gasteiger partial charge in [-0.15, -0.1) is 0 Å². The molecular formula is C20H20BrN3O3S. The Morgan fingerprint density at radius 2 is 1.96 bits per heavy atom. The van der Waals surface area contributed by atoms with Crippen molar-refractivity contribution in [2.45, 2.75) is 13.0 Å². The van der Waals surface area contributed by atoms with Crippen molar-refractivity contribution in [3.63, 3.8) is 0 Å². The highest BCUT2D eigenvalue weighted by Crippen LogP contribution is 2.32. The zero-order valence-corrected chi connectivity index (χ0v) is 18.0. The van der Waals surface area contributed by atoms with Gasteiger partial charge >= 0.3 is 0 Å². The summed E-state index contributed by atoms with van der Waals surface area (Å²) in [5.41, 5.74) is 2.71. The standard InChI is InChI=1S/C20H20BrN3O3S/c1-11-17(18(24-20(28)22-11)12-5-4-6-13(21)9-12)19(25)23-15-8-7-14(26-2)10-16(15)27-3/h4-10,18H,1-3H3,(H,23,25)(H2,22,24,28). The first-order valence-electron chi connectivity index (χ1n) is 8.50. The van der Waals surface area contributed by atoms with E-state index in [4.69, 9.17) is 21.7 Å². The van der Waals surface area contributed by atoms with Crippen molar-refractivity contribution in [2.24, 2.45) is 0 Å². The van der Waals surface area contributed by atoms with E-state index in [2.05, 4.69) is 31.9 Å². The topological polar surface area (TPSA) is 71.6 Å². The first kappa shape index (κ1) is 20.2. The molecule has 3 N–H and O–H groups in total. The number of nitrogens with one attached hydrogen (secondary N) is 3. The molecule has 0 aliphatic carbocycles. The van der Waals surface area contributed by atoms with Crippen LogP contribution >= 0.6 is 28.1 Å². The maximum atomic E-state index is 13.2. The Hall–Kier alpha value is -2.58. The third kappa shape index (κ3) is 4.28. The number of carbonyl (C=O) groups excluding carboxylic acids is 1. The van der Waals surface area contributed by atoms with E-state index in [9.17, 15) is 4.79 Å². The average Bonchev–Trinajstić information content (AvgIpc) is 2.67. The molecule has 0 saturated heterocycles. The second kappa shape index (κ2) is 8.62. The third-order valence-electron chi connectivity index (χ3n) is 4.35. The van der Waals surface area contributed by atoms with Crippen LogP contribution in [0, 0.1) is 0 Å². The van der Waals surface area contributed by atoms with Crippen LogP contribution in [0.25, 0.3) is 0 Å². The molecule has 1 heterocycles. The van der Waals surface area contributed by atoms with Crippen LogP contribution in [0.3, 0.4) is 0 Å². The number of methoxy groups -OCH3 is 2. The SMILES string of the molecule is COc1ccc(NC(=O)C2=C(C)NC(=S)NC2c2cccc(Br)c2)c(OC)c1. The summed E-state index contributed by atoms with van der Waals surface area (Å²) >= 11 is 8.78. The van der Waals surface area contributed by atoms with Crippen LogP contribution in [0.1, 0.15) is 18.5 Å². The second-order valence-electron chi connectivity index (χ2n) is 6.15. The van der Waals surface area contributed by atoms with E-state index in [0.29, 0.717) is 33.6 Å². The smallest absolute Gasteiger partial charge is 0.255 e. The molecule has 146 valence electrons. The molecule has 1 unspecified atom stereocenters. The minimum Gasteiger partial charge on any atom is -0.497 e. The minimum absolute atomic E-state index is 0.256. The Morgan fingerprint density at radius 1 is 1.18 bits per heavy atom. The third-order valence-corrected chi connectivity index (χ3v) is 5.07. The van der Waals surface area contributed by atoms with Gasteiger partial charge < -0.3 is 25.4 Å². The first-order valence-corrected chi connectivity index (χ1v) is 9.70. The molecule has 1 aliphatic rings. The van der Waals surface area contributed by atoms with E-state index in [-0.39, 0.29) is 11.9 Å². The van der Waals surface area contributed by atoms with E-state index < -0.39 is 0 Å². The summed E-state index contributed by atoms with van der Waals surface area (Å²) in [4.78, 5) is 13.2. The van der Waals surface area contributed by atoms with Gasteiger partial charge in [0.1, 0.15) is 11.5 Å². The van der Waals surface area contributed by atoms with E-state index >= 15 is 0 Å². The van der Waals surface area contributed by atoms with Crippen molar-refractivity contribution >= 4 is 44.9 Å². The number of allylic oxidation sites excluding steroid dienone is 1. The lowest BCUT2D eigenvalue weighted by molar-refractivity contribution is -0.113. The van der Waals surface area contributed by atoms with E-state index in [1.54, 1.807) is 32.4 Å². The fraction of sp³-hybridized carbons (Fsp3) is 0.200. The number of ether oxygens (including phenoxy) is 2. The maximum Gasteiger partial charge on any atom is 0.255 e. The van der Waals surface area contributed by atoms with Crippen LogP contribution < -0.4 is 25.4 Å². The molecule has 1 aliphatic heterocycles. The number of anilines is 1. The Balaban J connectivity index is 1.96. The summed E-state index contributed by atoms with van der Waals surface area (Å²) in [6.07, 6.45) is 0. The van der Waals surface area contributed by atoms with Gasteiger partial charge in [0.05, 0.1) is 31.5 Å². The molecule has 1 amide bonds. The monoisotopic (exact) mass is 461 g/mol. The molecule has 6 nitrogen and oxygen atoms in total. The van der Waals surface area contributed by atoms with Gasteiger partial charge in [0.2, 0.25) is 0 Å². The Bertz CT molecular complexity index is 961. The quantitative estimate of drug-likeness (QED) is 0.586. The molecule has 2 aromatic carbocycles. The Morgan fingerprint density at radius 3 is 2.64 bits per heavy atom. The number of thiocarbonyl (C=S) groups is 1. The maximum absolute atomic E-state index is 13.2. The van der Waals surface area contributed by atoms with Crippen LogP contribution in [-0.4, -0.2) is 25.2 Å². The molecule has 28 heavy (non-hydrogen) atoms. The summed E-state index contributed by atoms with van der Waals surface area (Å²) in [6, 6.07) is 12.6. The number of rotatable bonds is 5. The number of hydrogen-bond donors (Lipinski definition) is 3. The van der Waals surface area contributed by atoms with Gasteiger partial charge in [-0.3, -0.25) is 4.79 Å². The second-order valence-corrected chi connectivity index (χ2v) is 7.47. The molecule has 0 spiro atoms. The summed E-state index contributed by atoms with van der Waals surface area (Å²) < 4.78 is 11.5. The first-order chi connectivity index (χ1) is 13.4.